The quantitative estimate of drug-likeness (QED) is 0.682. The van der Waals surface area contributed by atoms with Crippen LogP contribution in [-0.4, -0.2) is 43.5 Å². The summed E-state index contributed by atoms with van der Waals surface area (Å²) in [5.74, 6) is -1.43. The fourth-order valence-electron chi connectivity index (χ4n) is 1.21. The van der Waals surface area contributed by atoms with Gasteiger partial charge in [-0.2, -0.15) is 0 Å². The molecule has 1 fully saturated rings. The van der Waals surface area contributed by atoms with Crippen LogP contribution in [0.3, 0.4) is 0 Å². The van der Waals surface area contributed by atoms with Gasteiger partial charge in [-0.15, -0.1) is 0 Å². The molecular weight excluding hydrogens is 214 g/mol. The highest BCUT2D eigenvalue weighted by Gasteiger charge is 2.28. The Kier molecular flexibility index (Phi) is 4.26. The number of esters is 1. The topological polar surface area (TPSA) is 73.9 Å². The highest BCUT2D eigenvalue weighted by Crippen LogP contribution is 2.16. The van der Waals surface area contributed by atoms with E-state index >= 15 is 0 Å². The zero-order valence-corrected chi connectivity index (χ0v) is 9.74. The minimum atomic E-state index is -0.600. The summed E-state index contributed by atoms with van der Waals surface area (Å²) in [5.41, 5.74) is 0. The van der Waals surface area contributed by atoms with Gasteiger partial charge in [0.25, 0.3) is 5.91 Å². The molecule has 6 nitrogen and oxygen atoms in total. The average molecular weight is 231 g/mol. The van der Waals surface area contributed by atoms with Crippen molar-refractivity contribution >= 4 is 11.9 Å². The fraction of sp³-hybridized carbons (Fsp3) is 0.800. The molecule has 0 spiro atoms. The van der Waals surface area contributed by atoms with E-state index < -0.39 is 11.8 Å². The van der Waals surface area contributed by atoms with Crippen molar-refractivity contribution in [2.75, 3.05) is 19.8 Å². The monoisotopic (exact) mass is 231 g/mol. The largest absolute Gasteiger partial charge is 0.456 e. The van der Waals surface area contributed by atoms with Crippen molar-refractivity contribution < 1.29 is 23.8 Å². The van der Waals surface area contributed by atoms with Gasteiger partial charge < -0.3 is 19.5 Å². The number of amides is 1. The van der Waals surface area contributed by atoms with Crippen molar-refractivity contribution in [3.05, 3.63) is 0 Å². The molecule has 1 rings (SSSR count). The van der Waals surface area contributed by atoms with Crippen LogP contribution >= 0.6 is 0 Å². The molecule has 1 aliphatic heterocycles. The lowest BCUT2D eigenvalue weighted by atomic mass is 10.2. The third kappa shape index (κ3) is 4.59. The van der Waals surface area contributed by atoms with Gasteiger partial charge in [-0.05, 0) is 13.8 Å². The van der Waals surface area contributed by atoms with E-state index in [4.69, 9.17) is 9.47 Å². The number of nitrogens with one attached hydrogen (secondary N) is 1. The van der Waals surface area contributed by atoms with Crippen molar-refractivity contribution in [1.29, 1.82) is 0 Å². The summed E-state index contributed by atoms with van der Waals surface area (Å²) in [7, 11) is 0. The van der Waals surface area contributed by atoms with Gasteiger partial charge in [0.2, 0.25) is 0 Å². The van der Waals surface area contributed by atoms with Crippen molar-refractivity contribution in [2.45, 2.75) is 32.6 Å². The standard InChI is InChI=1S/C10H17NO5/c1-7(12)14-6-9(13)11-8-4-15-10(2,3)16-5-8/h8H,4-6H2,1-3H3,(H,11,13). The number of ether oxygens (including phenoxy) is 3. The maximum Gasteiger partial charge on any atom is 0.303 e. The molecule has 0 radical (unpaired) electrons. The highest BCUT2D eigenvalue weighted by atomic mass is 16.7. The molecule has 0 bridgehead atoms. The van der Waals surface area contributed by atoms with Gasteiger partial charge in [0, 0.05) is 6.92 Å². The number of carbonyl (C=O) groups is 2. The maximum atomic E-state index is 11.3. The van der Waals surface area contributed by atoms with E-state index in [1.807, 2.05) is 13.8 Å². The van der Waals surface area contributed by atoms with Crippen molar-refractivity contribution in [3.8, 4) is 0 Å². The molecule has 1 heterocycles. The number of rotatable bonds is 3. The van der Waals surface area contributed by atoms with Crippen LogP contribution in [0.15, 0.2) is 0 Å². The first-order chi connectivity index (χ1) is 7.39. The van der Waals surface area contributed by atoms with Gasteiger partial charge in [0.15, 0.2) is 12.4 Å². The molecular formula is C10H17NO5. The summed E-state index contributed by atoms with van der Waals surface area (Å²) in [6.45, 7) is 5.38. The molecule has 0 aromatic rings. The Morgan fingerprint density at radius 2 is 1.94 bits per heavy atom. The third-order valence-electron chi connectivity index (χ3n) is 2.04. The van der Waals surface area contributed by atoms with E-state index in [1.54, 1.807) is 0 Å². The lowest BCUT2D eigenvalue weighted by Gasteiger charge is -2.35. The first-order valence-electron chi connectivity index (χ1n) is 5.10. The van der Waals surface area contributed by atoms with Crippen molar-refractivity contribution in [2.24, 2.45) is 0 Å². The fourth-order valence-corrected chi connectivity index (χ4v) is 1.21. The second kappa shape index (κ2) is 5.27. The normalized spacial score (nSPS) is 20.2. The summed E-state index contributed by atoms with van der Waals surface area (Å²) < 4.78 is 15.3. The molecule has 1 amide bonds. The number of hydrogen-bond donors (Lipinski definition) is 1. The Balaban J connectivity index is 2.23. The molecule has 16 heavy (non-hydrogen) atoms. The minimum Gasteiger partial charge on any atom is -0.456 e. The van der Waals surface area contributed by atoms with Crippen LogP contribution in [0, 0.1) is 0 Å². The van der Waals surface area contributed by atoms with Crippen molar-refractivity contribution in [1.82, 2.24) is 5.32 Å². The lowest BCUT2D eigenvalue weighted by Crippen LogP contribution is -2.51. The van der Waals surface area contributed by atoms with Gasteiger partial charge in [-0.1, -0.05) is 0 Å². The molecule has 0 unspecified atom stereocenters. The summed E-state index contributed by atoms with van der Waals surface area (Å²) in [5, 5.41) is 2.65. The Morgan fingerprint density at radius 3 is 2.44 bits per heavy atom. The van der Waals surface area contributed by atoms with Crippen LogP contribution in [0.4, 0.5) is 0 Å². The Hall–Kier alpha value is -1.14. The van der Waals surface area contributed by atoms with Gasteiger partial charge in [0.05, 0.1) is 19.3 Å². The molecule has 0 saturated carbocycles. The third-order valence-corrected chi connectivity index (χ3v) is 2.04. The van der Waals surface area contributed by atoms with Crippen molar-refractivity contribution in [3.63, 3.8) is 0 Å². The van der Waals surface area contributed by atoms with Crippen LogP contribution in [0.2, 0.25) is 0 Å². The van der Waals surface area contributed by atoms with Gasteiger partial charge >= 0.3 is 5.97 Å². The molecule has 6 heteroatoms. The Labute approximate surface area is 94.2 Å². The summed E-state index contributed by atoms with van der Waals surface area (Å²) >= 11 is 0. The summed E-state index contributed by atoms with van der Waals surface area (Å²) in [4.78, 5) is 21.8. The van der Waals surface area contributed by atoms with E-state index in [2.05, 4.69) is 10.1 Å². The minimum absolute atomic E-state index is 0.198. The first kappa shape index (κ1) is 12.9. The number of hydrogen-bond acceptors (Lipinski definition) is 5. The Morgan fingerprint density at radius 1 is 1.38 bits per heavy atom. The second-order valence-corrected chi connectivity index (χ2v) is 4.07. The molecule has 1 N–H and O–H groups in total. The zero-order valence-electron chi connectivity index (χ0n) is 9.74. The smallest absolute Gasteiger partial charge is 0.303 e. The zero-order chi connectivity index (χ0) is 12.2. The van der Waals surface area contributed by atoms with Gasteiger partial charge in [-0.3, -0.25) is 9.59 Å². The average Bonchev–Trinajstić information content (AvgIpc) is 2.18. The molecule has 1 saturated heterocycles. The molecule has 0 atom stereocenters. The van der Waals surface area contributed by atoms with E-state index in [0.29, 0.717) is 13.2 Å². The molecule has 0 aromatic carbocycles. The molecule has 1 aliphatic rings. The lowest BCUT2D eigenvalue weighted by molar-refractivity contribution is -0.252. The van der Waals surface area contributed by atoms with Gasteiger partial charge in [0.1, 0.15) is 0 Å². The maximum absolute atomic E-state index is 11.3. The predicted octanol–water partition coefficient (Wildman–Crippen LogP) is -0.183. The summed E-state index contributed by atoms with van der Waals surface area (Å²) in [6.07, 6.45) is 0. The number of carbonyl (C=O) groups excluding carboxylic acids is 2. The van der Waals surface area contributed by atoms with E-state index in [9.17, 15) is 9.59 Å². The molecule has 0 aliphatic carbocycles. The molecule has 0 aromatic heterocycles. The second-order valence-electron chi connectivity index (χ2n) is 4.07. The van der Waals surface area contributed by atoms with E-state index in [1.165, 1.54) is 6.92 Å². The Bertz CT molecular complexity index is 266. The van der Waals surface area contributed by atoms with Crippen LogP contribution in [0.1, 0.15) is 20.8 Å². The highest BCUT2D eigenvalue weighted by molar-refractivity contribution is 5.80. The summed E-state index contributed by atoms with van der Waals surface area (Å²) in [6, 6.07) is -0.198. The van der Waals surface area contributed by atoms with E-state index in [0.717, 1.165) is 0 Å². The SMILES string of the molecule is CC(=O)OCC(=O)NC1COC(C)(C)OC1. The van der Waals surface area contributed by atoms with Crippen LogP contribution in [-0.2, 0) is 23.8 Å². The van der Waals surface area contributed by atoms with Crippen LogP contribution in [0.5, 0.6) is 0 Å². The van der Waals surface area contributed by atoms with Gasteiger partial charge in [-0.25, -0.2) is 0 Å². The predicted molar refractivity (Wildman–Crippen MR) is 54.5 cm³/mol. The van der Waals surface area contributed by atoms with E-state index in [-0.39, 0.29) is 18.6 Å². The first-order valence-corrected chi connectivity index (χ1v) is 5.10. The van der Waals surface area contributed by atoms with Crippen LogP contribution in [0.25, 0.3) is 0 Å². The molecule has 92 valence electrons. The van der Waals surface area contributed by atoms with Crippen LogP contribution < -0.4 is 5.32 Å².